The first kappa shape index (κ1) is 11.3. The molecular weight excluding hydrogens is 192 g/mol. The van der Waals surface area contributed by atoms with E-state index in [4.69, 9.17) is 9.47 Å². The lowest BCUT2D eigenvalue weighted by Crippen LogP contribution is -2.11. The lowest BCUT2D eigenvalue weighted by atomic mass is 10.1. The Hall–Kier alpha value is -1.77. The fraction of sp³-hybridized carbons (Fsp3) is 0.250. The molecule has 0 aliphatic heterocycles. The van der Waals surface area contributed by atoms with Crippen LogP contribution in [0, 0.1) is 13.8 Å². The Morgan fingerprint density at radius 1 is 1.47 bits per heavy atom. The van der Waals surface area contributed by atoms with Gasteiger partial charge in [-0.05, 0) is 25.5 Å². The number of aryl methyl sites for hydroxylation is 2. The van der Waals surface area contributed by atoms with Gasteiger partial charge in [-0.25, -0.2) is 4.79 Å². The Labute approximate surface area is 89.3 Å². The van der Waals surface area contributed by atoms with Gasteiger partial charge in [0.1, 0.15) is 12.4 Å². The largest absolute Gasteiger partial charge is 0.514 e. The summed E-state index contributed by atoms with van der Waals surface area (Å²) in [5.41, 5.74) is 2.03. The predicted octanol–water partition coefficient (Wildman–Crippen LogP) is 3.00. The van der Waals surface area contributed by atoms with Crippen molar-refractivity contribution in [3.05, 3.63) is 42.0 Å². The second-order valence-electron chi connectivity index (χ2n) is 3.22. The SMILES string of the molecule is C=CCOC(=O)Oc1ccc(C)cc1C. The molecule has 0 heterocycles. The average molecular weight is 206 g/mol. The lowest BCUT2D eigenvalue weighted by Gasteiger charge is -2.07. The van der Waals surface area contributed by atoms with Crippen molar-refractivity contribution >= 4 is 6.16 Å². The molecule has 0 aliphatic rings. The predicted molar refractivity (Wildman–Crippen MR) is 58.1 cm³/mol. The number of ether oxygens (including phenoxy) is 2. The standard InChI is InChI=1S/C12H14O3/c1-4-7-14-12(13)15-11-6-5-9(2)8-10(11)3/h4-6,8H,1,7H2,2-3H3. The van der Waals surface area contributed by atoms with E-state index in [1.165, 1.54) is 6.08 Å². The molecule has 0 radical (unpaired) electrons. The minimum atomic E-state index is -0.707. The summed E-state index contributed by atoms with van der Waals surface area (Å²) in [4.78, 5) is 11.1. The van der Waals surface area contributed by atoms with Gasteiger partial charge in [-0.2, -0.15) is 0 Å². The number of hydrogen-bond donors (Lipinski definition) is 0. The van der Waals surface area contributed by atoms with Gasteiger partial charge in [-0.1, -0.05) is 30.4 Å². The van der Waals surface area contributed by atoms with Gasteiger partial charge < -0.3 is 9.47 Å². The van der Waals surface area contributed by atoms with Crippen LogP contribution in [-0.4, -0.2) is 12.8 Å². The Morgan fingerprint density at radius 3 is 2.80 bits per heavy atom. The monoisotopic (exact) mass is 206 g/mol. The van der Waals surface area contributed by atoms with Crippen LogP contribution in [0.3, 0.4) is 0 Å². The molecule has 0 atom stereocenters. The molecule has 0 saturated carbocycles. The van der Waals surface area contributed by atoms with Gasteiger partial charge in [0.15, 0.2) is 0 Å². The molecule has 0 aromatic heterocycles. The Kier molecular flexibility index (Phi) is 3.92. The van der Waals surface area contributed by atoms with Gasteiger partial charge in [0.05, 0.1) is 0 Å². The third kappa shape index (κ3) is 3.46. The summed E-state index contributed by atoms with van der Waals surface area (Å²) in [6.45, 7) is 7.45. The van der Waals surface area contributed by atoms with Crippen LogP contribution in [0.4, 0.5) is 4.79 Å². The van der Waals surface area contributed by atoms with Crippen molar-refractivity contribution in [3.8, 4) is 5.75 Å². The molecule has 1 aromatic rings. The van der Waals surface area contributed by atoms with E-state index < -0.39 is 6.16 Å². The van der Waals surface area contributed by atoms with Crippen molar-refractivity contribution in [1.29, 1.82) is 0 Å². The number of carbonyl (C=O) groups excluding carboxylic acids is 1. The number of benzene rings is 1. The summed E-state index contributed by atoms with van der Waals surface area (Å²) in [6.07, 6.45) is 0.783. The molecular formula is C12H14O3. The molecule has 0 saturated heterocycles. The Morgan fingerprint density at radius 2 is 2.20 bits per heavy atom. The molecule has 1 rings (SSSR count). The molecule has 3 nitrogen and oxygen atoms in total. The average Bonchev–Trinajstić information content (AvgIpc) is 2.19. The smallest absolute Gasteiger partial charge is 0.430 e. The van der Waals surface area contributed by atoms with E-state index in [1.807, 2.05) is 26.0 Å². The van der Waals surface area contributed by atoms with Crippen LogP contribution in [0.1, 0.15) is 11.1 Å². The fourth-order valence-electron chi connectivity index (χ4n) is 1.16. The fourth-order valence-corrected chi connectivity index (χ4v) is 1.16. The second kappa shape index (κ2) is 5.20. The number of rotatable bonds is 3. The summed E-state index contributed by atoms with van der Waals surface area (Å²) in [5.74, 6) is 0.523. The van der Waals surface area contributed by atoms with E-state index in [0.717, 1.165) is 11.1 Å². The molecule has 15 heavy (non-hydrogen) atoms. The van der Waals surface area contributed by atoms with E-state index >= 15 is 0 Å². The maximum Gasteiger partial charge on any atom is 0.514 e. The molecule has 0 fully saturated rings. The maximum absolute atomic E-state index is 11.1. The van der Waals surface area contributed by atoms with Gasteiger partial charge in [0.2, 0.25) is 0 Å². The first-order valence-corrected chi connectivity index (χ1v) is 4.66. The normalized spacial score (nSPS) is 9.47. The van der Waals surface area contributed by atoms with Crippen LogP contribution in [0.5, 0.6) is 5.75 Å². The summed E-state index contributed by atoms with van der Waals surface area (Å²) in [7, 11) is 0. The lowest BCUT2D eigenvalue weighted by molar-refractivity contribution is 0.109. The van der Waals surface area contributed by atoms with Crippen molar-refractivity contribution in [3.63, 3.8) is 0 Å². The molecule has 0 amide bonds. The number of hydrogen-bond acceptors (Lipinski definition) is 3. The highest BCUT2D eigenvalue weighted by molar-refractivity contribution is 5.64. The highest BCUT2D eigenvalue weighted by atomic mass is 16.7. The zero-order valence-electron chi connectivity index (χ0n) is 8.95. The molecule has 0 spiro atoms. The van der Waals surface area contributed by atoms with Crippen LogP contribution in [0.25, 0.3) is 0 Å². The number of carbonyl (C=O) groups is 1. The van der Waals surface area contributed by atoms with Gasteiger partial charge >= 0.3 is 6.16 Å². The van der Waals surface area contributed by atoms with Crippen molar-refractivity contribution in [2.24, 2.45) is 0 Å². The van der Waals surface area contributed by atoms with Crippen LogP contribution >= 0.6 is 0 Å². The quantitative estimate of drug-likeness (QED) is 0.433. The minimum absolute atomic E-state index is 0.156. The van der Waals surface area contributed by atoms with E-state index in [9.17, 15) is 4.79 Å². The third-order valence-electron chi connectivity index (χ3n) is 1.84. The summed E-state index contributed by atoms with van der Waals surface area (Å²) in [5, 5.41) is 0. The summed E-state index contributed by atoms with van der Waals surface area (Å²) >= 11 is 0. The second-order valence-corrected chi connectivity index (χ2v) is 3.22. The third-order valence-corrected chi connectivity index (χ3v) is 1.84. The molecule has 0 aliphatic carbocycles. The van der Waals surface area contributed by atoms with Gasteiger partial charge in [-0.15, -0.1) is 0 Å². The van der Waals surface area contributed by atoms with E-state index in [0.29, 0.717) is 5.75 Å². The molecule has 1 aromatic carbocycles. The van der Waals surface area contributed by atoms with Crippen LogP contribution in [0.15, 0.2) is 30.9 Å². The first-order valence-electron chi connectivity index (χ1n) is 4.66. The zero-order chi connectivity index (χ0) is 11.3. The summed E-state index contributed by atoms with van der Waals surface area (Å²) in [6, 6.07) is 5.57. The molecule has 0 N–H and O–H groups in total. The Balaban J connectivity index is 2.64. The van der Waals surface area contributed by atoms with Crippen LogP contribution in [-0.2, 0) is 4.74 Å². The van der Waals surface area contributed by atoms with Gasteiger partial charge in [0.25, 0.3) is 0 Å². The Bertz CT molecular complexity index is 369. The molecule has 0 unspecified atom stereocenters. The van der Waals surface area contributed by atoms with Crippen LogP contribution < -0.4 is 4.74 Å². The van der Waals surface area contributed by atoms with E-state index in [1.54, 1.807) is 6.07 Å². The first-order chi connectivity index (χ1) is 7.13. The summed E-state index contributed by atoms with van der Waals surface area (Å²) < 4.78 is 9.69. The van der Waals surface area contributed by atoms with Crippen molar-refractivity contribution in [2.75, 3.05) is 6.61 Å². The molecule has 3 heteroatoms. The van der Waals surface area contributed by atoms with E-state index in [2.05, 4.69) is 6.58 Å². The maximum atomic E-state index is 11.1. The topological polar surface area (TPSA) is 35.5 Å². The van der Waals surface area contributed by atoms with E-state index in [-0.39, 0.29) is 6.61 Å². The zero-order valence-corrected chi connectivity index (χ0v) is 8.95. The van der Waals surface area contributed by atoms with Crippen molar-refractivity contribution < 1.29 is 14.3 Å². The molecule has 0 bridgehead atoms. The van der Waals surface area contributed by atoms with Gasteiger partial charge in [0, 0.05) is 0 Å². The minimum Gasteiger partial charge on any atom is -0.430 e. The van der Waals surface area contributed by atoms with Gasteiger partial charge in [-0.3, -0.25) is 0 Å². The highest BCUT2D eigenvalue weighted by Gasteiger charge is 2.07. The van der Waals surface area contributed by atoms with Crippen molar-refractivity contribution in [2.45, 2.75) is 13.8 Å². The van der Waals surface area contributed by atoms with Crippen molar-refractivity contribution in [1.82, 2.24) is 0 Å². The molecule has 80 valence electrons. The van der Waals surface area contributed by atoms with Crippen LogP contribution in [0.2, 0.25) is 0 Å². The highest BCUT2D eigenvalue weighted by Crippen LogP contribution is 2.18.